The lowest BCUT2D eigenvalue weighted by Gasteiger charge is -2.15. The van der Waals surface area contributed by atoms with Crippen molar-refractivity contribution in [1.82, 2.24) is 0 Å². The third-order valence-corrected chi connectivity index (χ3v) is 5.53. The van der Waals surface area contributed by atoms with E-state index in [1.807, 2.05) is 55.5 Å². The van der Waals surface area contributed by atoms with Crippen LogP contribution in [0.4, 0.5) is 11.4 Å². The van der Waals surface area contributed by atoms with Crippen molar-refractivity contribution in [1.29, 1.82) is 0 Å². The van der Waals surface area contributed by atoms with Crippen LogP contribution in [0.2, 0.25) is 0 Å². The first-order chi connectivity index (χ1) is 13.5. The van der Waals surface area contributed by atoms with E-state index in [1.165, 1.54) is 11.8 Å². The smallest absolute Gasteiger partial charge is 0.237 e. The molecule has 0 spiro atoms. The van der Waals surface area contributed by atoms with Crippen LogP contribution < -0.4 is 15.4 Å². The standard InChI is InChI=1S/C22H28N2O3S/c1-4-6-10-21(25)23-17-8-7-9-19(15-17)28-20(5-2)22(26)24-16-11-13-18(27-3)14-12-16/h7-9,11-15,20H,4-6,10H2,1-3H3,(H,23,25)(H,24,26). The summed E-state index contributed by atoms with van der Waals surface area (Å²) in [6, 6.07) is 14.9. The van der Waals surface area contributed by atoms with Gasteiger partial charge in [-0.05, 0) is 55.3 Å². The quantitative estimate of drug-likeness (QED) is 0.529. The maximum Gasteiger partial charge on any atom is 0.237 e. The molecule has 2 N–H and O–H groups in total. The van der Waals surface area contributed by atoms with Gasteiger partial charge in [0.2, 0.25) is 11.8 Å². The zero-order valence-corrected chi connectivity index (χ0v) is 17.5. The summed E-state index contributed by atoms with van der Waals surface area (Å²) in [4.78, 5) is 25.5. The van der Waals surface area contributed by atoms with Crippen molar-refractivity contribution in [2.24, 2.45) is 0 Å². The van der Waals surface area contributed by atoms with E-state index in [-0.39, 0.29) is 17.1 Å². The number of benzene rings is 2. The molecule has 150 valence electrons. The summed E-state index contributed by atoms with van der Waals surface area (Å²) in [6.07, 6.45) is 3.09. The minimum absolute atomic E-state index is 0.0216. The van der Waals surface area contributed by atoms with Crippen LogP contribution in [-0.4, -0.2) is 24.2 Å². The van der Waals surface area contributed by atoms with Gasteiger partial charge in [0.25, 0.3) is 0 Å². The van der Waals surface area contributed by atoms with Gasteiger partial charge in [0.05, 0.1) is 12.4 Å². The van der Waals surface area contributed by atoms with Crippen molar-refractivity contribution >= 4 is 35.0 Å². The number of amides is 2. The van der Waals surface area contributed by atoms with Crippen molar-refractivity contribution < 1.29 is 14.3 Å². The monoisotopic (exact) mass is 400 g/mol. The molecular weight excluding hydrogens is 372 g/mol. The molecule has 0 radical (unpaired) electrons. The maximum atomic E-state index is 12.7. The lowest BCUT2D eigenvalue weighted by atomic mass is 10.2. The summed E-state index contributed by atoms with van der Waals surface area (Å²) >= 11 is 1.49. The first-order valence-corrected chi connectivity index (χ1v) is 10.4. The number of hydrogen-bond donors (Lipinski definition) is 2. The number of methoxy groups -OCH3 is 1. The maximum absolute atomic E-state index is 12.7. The van der Waals surface area contributed by atoms with Crippen molar-refractivity contribution in [3.63, 3.8) is 0 Å². The van der Waals surface area contributed by atoms with Crippen molar-refractivity contribution in [2.45, 2.75) is 49.7 Å². The second kappa shape index (κ2) is 11.4. The second-order valence-electron chi connectivity index (χ2n) is 6.41. The Labute approximate surface area is 171 Å². The number of carbonyl (C=O) groups is 2. The van der Waals surface area contributed by atoms with Crippen molar-refractivity contribution in [3.8, 4) is 5.75 Å². The zero-order valence-electron chi connectivity index (χ0n) is 16.7. The van der Waals surface area contributed by atoms with Gasteiger partial charge in [-0.3, -0.25) is 9.59 Å². The van der Waals surface area contributed by atoms with Gasteiger partial charge in [-0.15, -0.1) is 11.8 Å². The largest absolute Gasteiger partial charge is 0.497 e. The van der Waals surface area contributed by atoms with Crippen LogP contribution in [0.3, 0.4) is 0 Å². The molecule has 0 aromatic heterocycles. The highest BCUT2D eigenvalue weighted by Gasteiger charge is 2.18. The number of carbonyl (C=O) groups excluding carboxylic acids is 2. The topological polar surface area (TPSA) is 67.4 Å². The molecule has 1 atom stereocenters. The Balaban J connectivity index is 1.98. The molecule has 0 saturated carbocycles. The summed E-state index contributed by atoms with van der Waals surface area (Å²) < 4.78 is 5.14. The Morgan fingerprint density at radius 2 is 1.79 bits per heavy atom. The molecule has 2 rings (SSSR count). The third-order valence-electron chi connectivity index (χ3n) is 4.17. The number of hydrogen-bond acceptors (Lipinski definition) is 4. The summed E-state index contributed by atoms with van der Waals surface area (Å²) in [5.41, 5.74) is 1.50. The van der Waals surface area contributed by atoms with Gasteiger partial charge in [-0.1, -0.05) is 26.3 Å². The highest BCUT2D eigenvalue weighted by molar-refractivity contribution is 8.00. The number of ether oxygens (including phenoxy) is 1. The van der Waals surface area contributed by atoms with Crippen LogP contribution in [0.1, 0.15) is 39.5 Å². The molecule has 2 amide bonds. The fraction of sp³-hybridized carbons (Fsp3) is 0.364. The van der Waals surface area contributed by atoms with Gasteiger partial charge in [0, 0.05) is 22.7 Å². The molecule has 5 nitrogen and oxygen atoms in total. The Bertz CT molecular complexity index is 778. The minimum Gasteiger partial charge on any atom is -0.497 e. The van der Waals surface area contributed by atoms with Gasteiger partial charge in [0.1, 0.15) is 5.75 Å². The predicted molar refractivity (Wildman–Crippen MR) is 116 cm³/mol. The van der Waals surface area contributed by atoms with E-state index < -0.39 is 0 Å². The Morgan fingerprint density at radius 3 is 2.43 bits per heavy atom. The number of unbranched alkanes of at least 4 members (excludes halogenated alkanes) is 1. The predicted octanol–water partition coefficient (Wildman–Crippen LogP) is 5.33. The van der Waals surface area contributed by atoms with Crippen LogP contribution in [0.15, 0.2) is 53.4 Å². The fourth-order valence-corrected chi connectivity index (χ4v) is 3.60. The Morgan fingerprint density at radius 1 is 1.04 bits per heavy atom. The molecule has 6 heteroatoms. The molecule has 0 heterocycles. The van der Waals surface area contributed by atoms with E-state index in [1.54, 1.807) is 7.11 Å². The normalized spacial score (nSPS) is 11.5. The summed E-state index contributed by atoms with van der Waals surface area (Å²) in [6.45, 7) is 4.05. The number of anilines is 2. The van der Waals surface area contributed by atoms with E-state index in [9.17, 15) is 9.59 Å². The van der Waals surface area contributed by atoms with Crippen LogP contribution in [0.5, 0.6) is 5.75 Å². The minimum atomic E-state index is -0.229. The first kappa shape index (κ1) is 21.8. The third kappa shape index (κ3) is 6.93. The van der Waals surface area contributed by atoms with Gasteiger partial charge in [-0.25, -0.2) is 0 Å². The van der Waals surface area contributed by atoms with Crippen molar-refractivity contribution in [2.75, 3.05) is 17.7 Å². The SMILES string of the molecule is CCCCC(=O)Nc1cccc(SC(CC)C(=O)Nc2ccc(OC)cc2)c1. The van der Waals surface area contributed by atoms with E-state index in [0.29, 0.717) is 12.8 Å². The van der Waals surface area contributed by atoms with Crippen LogP contribution >= 0.6 is 11.8 Å². The van der Waals surface area contributed by atoms with E-state index in [0.717, 1.165) is 34.9 Å². The lowest BCUT2D eigenvalue weighted by molar-refractivity contribution is -0.116. The molecule has 0 aliphatic carbocycles. The lowest BCUT2D eigenvalue weighted by Crippen LogP contribution is -2.24. The summed E-state index contributed by atoms with van der Waals surface area (Å²) in [5.74, 6) is 0.723. The summed E-state index contributed by atoms with van der Waals surface area (Å²) in [5, 5.41) is 5.64. The van der Waals surface area contributed by atoms with Gasteiger partial charge in [-0.2, -0.15) is 0 Å². The van der Waals surface area contributed by atoms with Gasteiger partial charge in [0.15, 0.2) is 0 Å². The molecule has 28 heavy (non-hydrogen) atoms. The zero-order chi connectivity index (χ0) is 20.4. The molecule has 1 unspecified atom stereocenters. The number of nitrogens with one attached hydrogen (secondary N) is 2. The summed E-state index contributed by atoms with van der Waals surface area (Å²) in [7, 11) is 1.61. The molecule has 0 saturated heterocycles. The first-order valence-electron chi connectivity index (χ1n) is 9.57. The molecule has 2 aromatic rings. The average molecular weight is 401 g/mol. The van der Waals surface area contributed by atoms with Gasteiger partial charge >= 0.3 is 0 Å². The van der Waals surface area contributed by atoms with Crippen molar-refractivity contribution in [3.05, 3.63) is 48.5 Å². The molecule has 2 aromatic carbocycles. The highest BCUT2D eigenvalue weighted by Crippen LogP contribution is 2.29. The van der Waals surface area contributed by atoms with Crippen LogP contribution in [-0.2, 0) is 9.59 Å². The molecule has 0 bridgehead atoms. The molecule has 0 fully saturated rings. The van der Waals surface area contributed by atoms with E-state index in [4.69, 9.17) is 4.74 Å². The second-order valence-corrected chi connectivity index (χ2v) is 7.69. The highest BCUT2D eigenvalue weighted by atomic mass is 32.2. The molecule has 0 aliphatic heterocycles. The average Bonchev–Trinajstić information content (AvgIpc) is 2.71. The van der Waals surface area contributed by atoms with Gasteiger partial charge < -0.3 is 15.4 Å². The fourth-order valence-electron chi connectivity index (χ4n) is 2.59. The Hall–Kier alpha value is -2.47. The van der Waals surface area contributed by atoms with Crippen LogP contribution in [0, 0.1) is 0 Å². The number of thioether (sulfide) groups is 1. The van der Waals surface area contributed by atoms with E-state index in [2.05, 4.69) is 17.6 Å². The number of rotatable bonds is 10. The molecular formula is C22H28N2O3S. The van der Waals surface area contributed by atoms with E-state index >= 15 is 0 Å². The Kier molecular flexibility index (Phi) is 8.88. The van der Waals surface area contributed by atoms with Crippen LogP contribution in [0.25, 0.3) is 0 Å². The molecule has 0 aliphatic rings.